The van der Waals surface area contributed by atoms with Crippen LogP contribution in [-0.4, -0.2) is 34.8 Å². The van der Waals surface area contributed by atoms with Gasteiger partial charge in [0.1, 0.15) is 0 Å². The minimum atomic E-state index is -0.990. The average Bonchev–Trinajstić information content (AvgIpc) is 2.79. The molecule has 32 heavy (non-hydrogen) atoms. The summed E-state index contributed by atoms with van der Waals surface area (Å²) < 4.78 is 5.49. The van der Waals surface area contributed by atoms with E-state index in [0.29, 0.717) is 17.8 Å². The lowest BCUT2D eigenvalue weighted by Crippen LogP contribution is -2.30. The second kappa shape index (κ2) is 10.2. The van der Waals surface area contributed by atoms with Crippen molar-refractivity contribution in [2.45, 2.75) is 19.6 Å². The largest absolute Gasteiger partial charge is 0.474 e. The number of rotatable bonds is 8. The molecule has 1 atom stereocenters. The molecule has 3 rings (SSSR count). The van der Waals surface area contributed by atoms with Gasteiger partial charge in [0.25, 0.3) is 11.8 Å². The lowest BCUT2D eigenvalue weighted by Gasteiger charge is -2.18. The number of nitrogens with zero attached hydrogens (tertiary/aromatic N) is 2. The molecule has 0 saturated heterocycles. The molecule has 0 aliphatic heterocycles. The fourth-order valence-electron chi connectivity index (χ4n) is 3.07. The Bertz CT molecular complexity index is 1120. The van der Waals surface area contributed by atoms with E-state index in [4.69, 9.17) is 4.74 Å². The van der Waals surface area contributed by atoms with Crippen molar-refractivity contribution in [3.05, 3.63) is 100 Å². The Kier molecular flexibility index (Phi) is 7.17. The predicted octanol–water partition coefficient (Wildman–Crippen LogP) is 4.27. The van der Waals surface area contributed by atoms with Crippen molar-refractivity contribution >= 4 is 23.2 Å². The van der Waals surface area contributed by atoms with Crippen molar-refractivity contribution < 1.29 is 19.2 Å². The molecular weight excluding hydrogens is 410 g/mol. The summed E-state index contributed by atoms with van der Waals surface area (Å²) in [6.45, 7) is 1.95. The summed E-state index contributed by atoms with van der Waals surface area (Å²) in [5, 5.41) is 13.8. The van der Waals surface area contributed by atoms with Gasteiger partial charge in [0, 0.05) is 30.9 Å². The van der Waals surface area contributed by atoms with Gasteiger partial charge in [-0.15, -0.1) is 0 Å². The molecule has 3 aromatic rings. The third-order valence-corrected chi connectivity index (χ3v) is 4.72. The highest BCUT2D eigenvalue weighted by Crippen LogP contribution is 2.27. The van der Waals surface area contributed by atoms with Crippen LogP contribution in [0.25, 0.3) is 0 Å². The van der Waals surface area contributed by atoms with Gasteiger partial charge in [-0.2, -0.15) is 0 Å². The summed E-state index contributed by atoms with van der Waals surface area (Å²) in [5.41, 5.74) is 1.63. The maximum atomic E-state index is 12.8. The highest BCUT2D eigenvalue weighted by molar-refractivity contribution is 5.98. The van der Waals surface area contributed by atoms with Gasteiger partial charge in [-0.1, -0.05) is 48.5 Å². The maximum Gasteiger partial charge on any atom is 0.310 e. The molecule has 0 saturated carbocycles. The predicted molar refractivity (Wildman–Crippen MR) is 120 cm³/mol. The molecule has 8 heteroatoms. The number of hydrogen-bond donors (Lipinski definition) is 1. The van der Waals surface area contributed by atoms with Crippen LogP contribution in [0.5, 0.6) is 5.75 Å². The summed E-state index contributed by atoms with van der Waals surface area (Å²) in [6, 6.07) is 22.1. The summed E-state index contributed by atoms with van der Waals surface area (Å²) in [4.78, 5) is 37.5. The Morgan fingerprint density at radius 3 is 2.44 bits per heavy atom. The first-order chi connectivity index (χ1) is 15.3. The number of ether oxygens (including phenoxy) is 1. The van der Waals surface area contributed by atoms with E-state index in [1.807, 2.05) is 30.3 Å². The summed E-state index contributed by atoms with van der Waals surface area (Å²) in [7, 11) is 1.71. The van der Waals surface area contributed by atoms with Gasteiger partial charge in [-0.05, 0) is 36.8 Å². The van der Waals surface area contributed by atoms with E-state index in [0.717, 1.165) is 5.56 Å². The number of nitro groups is 1. The summed E-state index contributed by atoms with van der Waals surface area (Å²) in [5.74, 6) is -0.675. The molecule has 3 aromatic carbocycles. The first-order valence-electron chi connectivity index (χ1n) is 9.95. The fourth-order valence-corrected chi connectivity index (χ4v) is 3.07. The van der Waals surface area contributed by atoms with Crippen LogP contribution in [0.3, 0.4) is 0 Å². The van der Waals surface area contributed by atoms with Gasteiger partial charge in [0.15, 0.2) is 11.9 Å². The van der Waals surface area contributed by atoms with Crippen LogP contribution in [0.15, 0.2) is 78.9 Å². The molecule has 0 radical (unpaired) electrons. The average molecular weight is 433 g/mol. The van der Waals surface area contributed by atoms with Gasteiger partial charge < -0.3 is 15.0 Å². The molecule has 2 amide bonds. The molecule has 0 aromatic heterocycles. The van der Waals surface area contributed by atoms with Gasteiger partial charge in [-0.25, -0.2) is 0 Å². The number of nitrogens with one attached hydrogen (secondary N) is 1. The number of carbonyl (C=O) groups excluding carboxylic acids is 2. The Hall–Kier alpha value is -4.20. The zero-order valence-electron chi connectivity index (χ0n) is 17.7. The number of anilines is 1. The number of carbonyl (C=O) groups is 2. The smallest absolute Gasteiger partial charge is 0.310 e. The first-order valence-corrected chi connectivity index (χ1v) is 9.95. The van der Waals surface area contributed by atoms with Crippen molar-refractivity contribution in [1.82, 2.24) is 4.90 Å². The highest BCUT2D eigenvalue weighted by Gasteiger charge is 2.21. The minimum absolute atomic E-state index is 0.00613. The molecule has 8 nitrogen and oxygen atoms in total. The molecule has 0 spiro atoms. The van der Waals surface area contributed by atoms with Crippen LogP contribution in [0, 0.1) is 10.1 Å². The Balaban J connectivity index is 1.65. The van der Waals surface area contributed by atoms with Crippen molar-refractivity contribution in [2.24, 2.45) is 0 Å². The summed E-state index contributed by atoms with van der Waals surface area (Å²) in [6.07, 6.45) is -0.990. The molecule has 0 fully saturated rings. The molecular formula is C24H23N3O5. The van der Waals surface area contributed by atoms with Crippen molar-refractivity contribution in [3.8, 4) is 5.75 Å². The zero-order valence-corrected chi connectivity index (χ0v) is 17.7. The maximum absolute atomic E-state index is 12.8. The fraction of sp³-hybridized carbons (Fsp3) is 0.167. The van der Waals surface area contributed by atoms with E-state index in [2.05, 4.69) is 5.32 Å². The van der Waals surface area contributed by atoms with Crippen LogP contribution in [0.4, 0.5) is 11.4 Å². The second-order valence-electron chi connectivity index (χ2n) is 7.20. The third kappa shape index (κ3) is 5.69. The van der Waals surface area contributed by atoms with Crippen LogP contribution in [0.1, 0.15) is 22.8 Å². The Morgan fingerprint density at radius 2 is 1.72 bits per heavy atom. The molecule has 0 aliphatic rings. The molecule has 0 aliphatic carbocycles. The highest BCUT2D eigenvalue weighted by atomic mass is 16.6. The quantitative estimate of drug-likeness (QED) is 0.422. The number of nitro benzene ring substituents is 1. The first kappa shape index (κ1) is 22.5. The molecule has 0 bridgehead atoms. The zero-order chi connectivity index (χ0) is 23.1. The second-order valence-corrected chi connectivity index (χ2v) is 7.20. The van der Waals surface area contributed by atoms with Crippen molar-refractivity contribution in [3.63, 3.8) is 0 Å². The van der Waals surface area contributed by atoms with Gasteiger partial charge >= 0.3 is 5.69 Å². The van der Waals surface area contributed by atoms with E-state index in [1.54, 1.807) is 42.3 Å². The van der Waals surface area contributed by atoms with E-state index < -0.39 is 16.9 Å². The van der Waals surface area contributed by atoms with Gasteiger partial charge in [0.05, 0.1) is 4.92 Å². The monoisotopic (exact) mass is 433 g/mol. The minimum Gasteiger partial charge on any atom is -0.474 e. The van der Waals surface area contributed by atoms with Crippen molar-refractivity contribution in [2.75, 3.05) is 12.4 Å². The van der Waals surface area contributed by atoms with E-state index in [1.165, 1.54) is 25.1 Å². The number of benzene rings is 3. The number of hydrogen-bond acceptors (Lipinski definition) is 5. The molecule has 0 heterocycles. The standard InChI is InChI=1S/C24H23N3O5/c1-17(32-22-14-7-6-13-21(22)27(30)31)23(28)25-20-12-8-11-19(15-20)24(29)26(2)16-18-9-4-3-5-10-18/h3-15,17H,16H2,1-2H3,(H,25,28). The van der Waals surface area contributed by atoms with Gasteiger partial charge in [-0.3, -0.25) is 19.7 Å². The third-order valence-electron chi connectivity index (χ3n) is 4.72. The van der Waals surface area contributed by atoms with Crippen LogP contribution in [-0.2, 0) is 11.3 Å². The Morgan fingerprint density at radius 1 is 1.03 bits per heavy atom. The Labute approximate surface area is 185 Å². The number of para-hydroxylation sites is 2. The normalized spacial score (nSPS) is 11.3. The SMILES string of the molecule is CC(Oc1ccccc1[N+](=O)[O-])C(=O)Nc1cccc(C(=O)N(C)Cc2ccccc2)c1. The van der Waals surface area contributed by atoms with Crippen LogP contribution < -0.4 is 10.1 Å². The lowest BCUT2D eigenvalue weighted by atomic mass is 10.1. The number of amides is 2. The molecule has 164 valence electrons. The lowest BCUT2D eigenvalue weighted by molar-refractivity contribution is -0.386. The topological polar surface area (TPSA) is 102 Å². The molecule has 1 unspecified atom stereocenters. The van der Waals surface area contributed by atoms with E-state index >= 15 is 0 Å². The molecule has 1 N–H and O–H groups in total. The van der Waals surface area contributed by atoms with Crippen molar-refractivity contribution in [1.29, 1.82) is 0 Å². The van der Waals surface area contributed by atoms with Gasteiger partial charge in [0.2, 0.25) is 0 Å². The van der Waals surface area contributed by atoms with Crippen LogP contribution >= 0.6 is 0 Å². The van der Waals surface area contributed by atoms with E-state index in [9.17, 15) is 19.7 Å². The van der Waals surface area contributed by atoms with Crippen LogP contribution in [0.2, 0.25) is 0 Å². The summed E-state index contributed by atoms with van der Waals surface area (Å²) >= 11 is 0. The van der Waals surface area contributed by atoms with E-state index in [-0.39, 0.29) is 17.3 Å².